The first-order valence-corrected chi connectivity index (χ1v) is 2.65. The smallest absolute Gasteiger partial charge is 0.00318 e. The molecule has 0 aliphatic heterocycles. The van der Waals surface area contributed by atoms with Crippen molar-refractivity contribution in [2.75, 3.05) is 7.05 Å². The fourth-order valence-corrected chi connectivity index (χ4v) is 0.408. The largest absolute Gasteiger partial charge is 0.392 e. The van der Waals surface area contributed by atoms with Crippen molar-refractivity contribution < 1.29 is 0 Å². The highest BCUT2D eigenvalue weighted by atomic mass is 14.8. The maximum absolute atomic E-state index is 3.03. The van der Waals surface area contributed by atoms with Crippen molar-refractivity contribution in [3.05, 3.63) is 11.8 Å². The second-order valence-electron chi connectivity index (χ2n) is 1.55. The van der Waals surface area contributed by atoms with Crippen LogP contribution in [0.2, 0.25) is 0 Å². The van der Waals surface area contributed by atoms with E-state index < -0.39 is 0 Å². The molecule has 0 saturated carbocycles. The number of hydrogen-bond acceptors (Lipinski definition) is 1. The lowest BCUT2D eigenvalue weighted by atomic mass is 10.4. The molecule has 0 atom stereocenters. The van der Waals surface area contributed by atoms with Crippen molar-refractivity contribution >= 4 is 0 Å². The van der Waals surface area contributed by atoms with Crippen LogP contribution in [-0.4, -0.2) is 7.05 Å². The summed E-state index contributed by atoms with van der Waals surface area (Å²) in [4.78, 5) is 0. The summed E-state index contributed by atoms with van der Waals surface area (Å²) in [6, 6.07) is 0. The first-order chi connectivity index (χ1) is 3.31. The van der Waals surface area contributed by atoms with Gasteiger partial charge in [-0.15, -0.1) is 0 Å². The van der Waals surface area contributed by atoms with E-state index in [-0.39, 0.29) is 0 Å². The monoisotopic (exact) mass is 99.1 g/mol. The van der Waals surface area contributed by atoms with Gasteiger partial charge in [-0.3, -0.25) is 0 Å². The maximum Gasteiger partial charge on any atom is 0.00318 e. The molecule has 0 aliphatic carbocycles. The van der Waals surface area contributed by atoms with Crippen LogP contribution in [0, 0.1) is 0 Å². The van der Waals surface area contributed by atoms with Crippen LogP contribution in [0.25, 0.3) is 0 Å². The van der Waals surface area contributed by atoms with E-state index >= 15 is 0 Å². The van der Waals surface area contributed by atoms with E-state index in [2.05, 4.69) is 25.2 Å². The Balaban J connectivity index is 3.29. The lowest BCUT2D eigenvalue weighted by Gasteiger charge is -1.93. The summed E-state index contributed by atoms with van der Waals surface area (Å²) in [6.07, 6.45) is 3.27. The topological polar surface area (TPSA) is 12.0 Å². The second-order valence-corrected chi connectivity index (χ2v) is 1.55. The molecular formula is C6H13N. The Kier molecular flexibility index (Phi) is 3.48. The Morgan fingerprint density at radius 2 is 2.29 bits per heavy atom. The van der Waals surface area contributed by atoms with E-state index in [1.54, 1.807) is 0 Å². The fraction of sp³-hybridized carbons (Fsp3) is 0.667. The van der Waals surface area contributed by atoms with Crippen LogP contribution in [0.5, 0.6) is 0 Å². The summed E-state index contributed by atoms with van der Waals surface area (Å²) in [5.74, 6) is 0. The van der Waals surface area contributed by atoms with Gasteiger partial charge in [-0.05, 0) is 13.3 Å². The van der Waals surface area contributed by atoms with Gasteiger partial charge in [0, 0.05) is 12.7 Å². The average Bonchev–Trinajstić information content (AvgIpc) is 1.68. The van der Waals surface area contributed by atoms with Crippen LogP contribution in [0.4, 0.5) is 0 Å². The lowest BCUT2D eigenvalue weighted by Crippen LogP contribution is -2.00. The molecule has 0 spiro atoms. The molecular weight excluding hydrogens is 86.1 g/mol. The van der Waals surface area contributed by atoms with E-state index in [0.717, 1.165) is 6.42 Å². The van der Waals surface area contributed by atoms with Gasteiger partial charge in [0.2, 0.25) is 0 Å². The van der Waals surface area contributed by atoms with E-state index in [1.165, 1.54) is 5.70 Å². The van der Waals surface area contributed by atoms with Crippen molar-refractivity contribution in [1.29, 1.82) is 0 Å². The summed E-state index contributed by atoms with van der Waals surface area (Å²) in [7, 11) is 1.93. The van der Waals surface area contributed by atoms with Gasteiger partial charge in [0.25, 0.3) is 0 Å². The van der Waals surface area contributed by atoms with Gasteiger partial charge in [-0.25, -0.2) is 0 Å². The Morgan fingerprint density at radius 1 is 1.71 bits per heavy atom. The highest BCUT2D eigenvalue weighted by Gasteiger charge is 1.74. The molecule has 0 heterocycles. The summed E-state index contributed by atoms with van der Waals surface area (Å²) in [6.45, 7) is 4.18. The van der Waals surface area contributed by atoms with Gasteiger partial charge in [0.1, 0.15) is 0 Å². The van der Waals surface area contributed by atoms with Crippen LogP contribution in [0.1, 0.15) is 20.3 Å². The van der Waals surface area contributed by atoms with Crippen molar-refractivity contribution in [2.24, 2.45) is 0 Å². The number of nitrogens with one attached hydrogen (secondary N) is 1. The lowest BCUT2D eigenvalue weighted by molar-refractivity contribution is 0.967. The molecule has 42 valence electrons. The fourth-order valence-electron chi connectivity index (χ4n) is 0.408. The van der Waals surface area contributed by atoms with Crippen LogP contribution in [-0.2, 0) is 0 Å². The minimum Gasteiger partial charge on any atom is -0.392 e. The van der Waals surface area contributed by atoms with Gasteiger partial charge in [0.05, 0.1) is 0 Å². The molecule has 0 radical (unpaired) electrons. The summed E-state index contributed by atoms with van der Waals surface area (Å²) >= 11 is 0. The van der Waals surface area contributed by atoms with Gasteiger partial charge >= 0.3 is 0 Å². The Bertz CT molecular complexity index is 64.6. The Hall–Kier alpha value is -0.460. The van der Waals surface area contributed by atoms with E-state index in [1.807, 2.05) is 7.05 Å². The van der Waals surface area contributed by atoms with Crippen molar-refractivity contribution in [3.63, 3.8) is 0 Å². The Labute approximate surface area is 45.4 Å². The highest BCUT2D eigenvalue weighted by molar-refractivity contribution is 4.92. The third-order valence-electron chi connectivity index (χ3n) is 0.905. The van der Waals surface area contributed by atoms with Crippen LogP contribution in [0.15, 0.2) is 11.8 Å². The van der Waals surface area contributed by atoms with Crippen LogP contribution >= 0.6 is 0 Å². The zero-order valence-electron chi connectivity index (χ0n) is 5.28. The van der Waals surface area contributed by atoms with Crippen molar-refractivity contribution in [3.8, 4) is 0 Å². The average molecular weight is 99.2 g/mol. The normalized spacial score (nSPS) is 11.6. The summed E-state index contributed by atoms with van der Waals surface area (Å²) in [5.41, 5.74) is 1.25. The molecule has 0 fully saturated rings. The molecule has 0 saturated heterocycles. The van der Waals surface area contributed by atoms with Crippen LogP contribution in [0.3, 0.4) is 0 Å². The molecule has 0 unspecified atom stereocenters. The van der Waals surface area contributed by atoms with Crippen LogP contribution < -0.4 is 5.32 Å². The van der Waals surface area contributed by atoms with Gasteiger partial charge in [-0.1, -0.05) is 13.0 Å². The minimum absolute atomic E-state index is 1.12. The zero-order valence-corrected chi connectivity index (χ0v) is 5.28. The summed E-state index contributed by atoms with van der Waals surface area (Å²) < 4.78 is 0. The molecule has 0 rings (SSSR count). The van der Waals surface area contributed by atoms with Gasteiger partial charge in [-0.2, -0.15) is 0 Å². The molecule has 7 heavy (non-hydrogen) atoms. The third kappa shape index (κ3) is 3.37. The number of allylic oxidation sites excluding steroid dienone is 2. The number of rotatable bonds is 2. The standard InChI is InChI=1S/C6H13N/c1-4-5-6(2)7-3/h5,7H,4H2,1-3H3/b6-5-. The molecule has 0 aromatic carbocycles. The van der Waals surface area contributed by atoms with Gasteiger partial charge < -0.3 is 5.32 Å². The first kappa shape index (κ1) is 6.54. The maximum atomic E-state index is 3.03. The highest BCUT2D eigenvalue weighted by Crippen LogP contribution is 1.85. The molecule has 0 amide bonds. The predicted molar refractivity (Wildman–Crippen MR) is 33.1 cm³/mol. The quantitative estimate of drug-likeness (QED) is 0.553. The molecule has 0 aromatic rings. The minimum atomic E-state index is 1.12. The molecule has 1 nitrogen and oxygen atoms in total. The molecule has 1 heteroatoms. The zero-order chi connectivity index (χ0) is 5.70. The predicted octanol–water partition coefficient (Wildman–Crippen LogP) is 1.52. The van der Waals surface area contributed by atoms with E-state index in [9.17, 15) is 0 Å². The molecule has 0 aromatic heterocycles. The first-order valence-electron chi connectivity index (χ1n) is 2.65. The van der Waals surface area contributed by atoms with E-state index in [4.69, 9.17) is 0 Å². The van der Waals surface area contributed by atoms with Crippen molar-refractivity contribution in [2.45, 2.75) is 20.3 Å². The third-order valence-corrected chi connectivity index (χ3v) is 0.905. The van der Waals surface area contributed by atoms with E-state index in [0.29, 0.717) is 0 Å². The molecule has 1 N–H and O–H groups in total. The van der Waals surface area contributed by atoms with Gasteiger partial charge in [0.15, 0.2) is 0 Å². The second kappa shape index (κ2) is 3.72. The Morgan fingerprint density at radius 3 is 2.43 bits per heavy atom. The SMILES string of the molecule is CC/C=C(/C)NC. The summed E-state index contributed by atoms with van der Waals surface area (Å²) in [5, 5.41) is 3.03. The number of hydrogen-bond donors (Lipinski definition) is 1. The molecule has 0 bridgehead atoms. The molecule has 0 aliphatic rings. The van der Waals surface area contributed by atoms with Crippen molar-refractivity contribution in [1.82, 2.24) is 5.32 Å².